The molecule has 0 saturated carbocycles. The fourth-order valence-electron chi connectivity index (χ4n) is 2.58. The Morgan fingerprint density at radius 2 is 1.68 bits per heavy atom. The summed E-state index contributed by atoms with van der Waals surface area (Å²) in [4.78, 5) is 8.11. The molecule has 1 aliphatic rings. The number of aliphatic imine (C=N–C) groups is 1. The van der Waals surface area contributed by atoms with Crippen LogP contribution in [0.2, 0.25) is 0 Å². The van der Waals surface area contributed by atoms with Crippen molar-refractivity contribution in [1.29, 1.82) is 0 Å². The lowest BCUT2D eigenvalue weighted by atomic mass is 10.1. The van der Waals surface area contributed by atoms with Gasteiger partial charge in [-0.15, -0.1) is 17.0 Å². The highest BCUT2D eigenvalue weighted by Gasteiger charge is 2.15. The van der Waals surface area contributed by atoms with Gasteiger partial charge in [0.25, 0.3) is 0 Å². The smallest absolute Gasteiger partial charge is 0.0686 e. The molecule has 1 aliphatic heterocycles. The molecule has 0 unspecified atom stereocenters. The molecule has 0 bridgehead atoms. The van der Waals surface area contributed by atoms with E-state index in [0.717, 1.165) is 17.8 Å². The second kappa shape index (κ2) is 5.91. The largest absolute Gasteiger partial charge is 0.359 e. The second-order valence-corrected chi connectivity index (χ2v) is 5.10. The highest BCUT2D eigenvalue weighted by molar-refractivity contribution is 8.93. The van der Waals surface area contributed by atoms with Crippen LogP contribution in [0, 0.1) is 13.8 Å². The first-order valence-electron chi connectivity index (χ1n) is 6.59. The first-order chi connectivity index (χ1) is 8.45. The van der Waals surface area contributed by atoms with Crippen LogP contribution in [-0.2, 0) is 6.42 Å². The summed E-state index contributed by atoms with van der Waals surface area (Å²) in [7, 11) is 0. The summed E-state index contributed by atoms with van der Waals surface area (Å²) >= 11 is 0. The Bertz CT molecular complexity index is 586. The standard InChI is InChI=1S/C16H22N2.BrH/c1-7-14-11(4)16(18-13(14)6)8-15-10(3)9(2)12(5)17-15;/h8,18H,7H2,1-6H3;1H. The highest BCUT2D eigenvalue weighted by Crippen LogP contribution is 2.28. The van der Waals surface area contributed by atoms with Gasteiger partial charge >= 0.3 is 0 Å². The van der Waals surface area contributed by atoms with E-state index in [4.69, 9.17) is 0 Å². The Morgan fingerprint density at radius 3 is 2.11 bits per heavy atom. The van der Waals surface area contributed by atoms with Gasteiger partial charge in [0.2, 0.25) is 0 Å². The van der Waals surface area contributed by atoms with Crippen LogP contribution in [0.3, 0.4) is 0 Å². The number of allylic oxidation sites excluding steroid dienone is 2. The van der Waals surface area contributed by atoms with Gasteiger partial charge in [0, 0.05) is 17.1 Å². The summed E-state index contributed by atoms with van der Waals surface area (Å²) < 4.78 is 0. The fourth-order valence-corrected chi connectivity index (χ4v) is 2.58. The number of H-pyrrole nitrogens is 1. The molecule has 0 aromatic carbocycles. The van der Waals surface area contributed by atoms with Gasteiger partial charge in [-0.1, -0.05) is 6.92 Å². The number of nitrogens with zero attached hydrogens (tertiary/aromatic N) is 1. The van der Waals surface area contributed by atoms with E-state index in [-0.39, 0.29) is 17.0 Å². The molecule has 0 spiro atoms. The van der Waals surface area contributed by atoms with E-state index in [1.807, 2.05) is 0 Å². The fraction of sp³-hybridized carbons (Fsp3) is 0.438. The van der Waals surface area contributed by atoms with Crippen LogP contribution in [0.5, 0.6) is 0 Å². The van der Waals surface area contributed by atoms with E-state index in [0.29, 0.717) is 0 Å². The molecule has 2 nitrogen and oxygen atoms in total. The Kier molecular flexibility index (Phi) is 4.97. The molecule has 1 aromatic heterocycles. The van der Waals surface area contributed by atoms with Crippen molar-refractivity contribution in [3.63, 3.8) is 0 Å². The molecular formula is C16H23BrN2. The van der Waals surface area contributed by atoms with Crippen LogP contribution in [0.1, 0.15) is 50.2 Å². The van der Waals surface area contributed by atoms with Gasteiger partial charge in [-0.25, -0.2) is 0 Å². The van der Waals surface area contributed by atoms with E-state index in [2.05, 4.69) is 57.6 Å². The first kappa shape index (κ1) is 16.0. The van der Waals surface area contributed by atoms with Crippen molar-refractivity contribution in [2.75, 3.05) is 0 Å². The molecule has 2 rings (SSSR count). The minimum Gasteiger partial charge on any atom is -0.359 e. The molecule has 1 aromatic rings. The van der Waals surface area contributed by atoms with Crippen LogP contribution in [0.25, 0.3) is 6.08 Å². The maximum absolute atomic E-state index is 4.64. The quantitative estimate of drug-likeness (QED) is 0.800. The van der Waals surface area contributed by atoms with Crippen molar-refractivity contribution in [3.8, 4) is 0 Å². The van der Waals surface area contributed by atoms with Crippen LogP contribution in [-0.4, -0.2) is 10.7 Å². The molecule has 0 atom stereocenters. The molecule has 1 N–H and O–H groups in total. The topological polar surface area (TPSA) is 28.1 Å². The predicted octanol–water partition coefficient (Wildman–Crippen LogP) is 4.92. The third-order valence-corrected chi connectivity index (χ3v) is 4.04. The number of aromatic nitrogens is 1. The Balaban J connectivity index is 0.00000180. The van der Waals surface area contributed by atoms with Gasteiger partial charge in [-0.3, -0.25) is 4.99 Å². The van der Waals surface area contributed by atoms with Crippen LogP contribution < -0.4 is 0 Å². The predicted molar refractivity (Wildman–Crippen MR) is 89.4 cm³/mol. The molecule has 2 heterocycles. The number of aryl methyl sites for hydroxylation is 1. The maximum atomic E-state index is 4.64. The van der Waals surface area contributed by atoms with Crippen molar-refractivity contribution in [3.05, 3.63) is 39.4 Å². The van der Waals surface area contributed by atoms with Crippen LogP contribution in [0.15, 0.2) is 21.8 Å². The molecular weight excluding hydrogens is 300 g/mol. The molecule has 0 amide bonds. The zero-order chi connectivity index (χ0) is 13.4. The number of rotatable bonds is 2. The third-order valence-electron chi connectivity index (χ3n) is 4.04. The van der Waals surface area contributed by atoms with Crippen LogP contribution >= 0.6 is 17.0 Å². The van der Waals surface area contributed by atoms with E-state index in [1.165, 1.54) is 33.7 Å². The highest BCUT2D eigenvalue weighted by atomic mass is 79.9. The summed E-state index contributed by atoms with van der Waals surface area (Å²) in [5.41, 5.74) is 10.1. The summed E-state index contributed by atoms with van der Waals surface area (Å²) in [6.07, 6.45) is 3.25. The summed E-state index contributed by atoms with van der Waals surface area (Å²) in [5.74, 6) is 0. The Hall–Kier alpha value is -1.09. The monoisotopic (exact) mass is 322 g/mol. The zero-order valence-corrected chi connectivity index (χ0v) is 14.4. The average Bonchev–Trinajstić information content (AvgIpc) is 2.72. The molecule has 104 valence electrons. The van der Waals surface area contributed by atoms with Gasteiger partial charge in [0.05, 0.1) is 5.70 Å². The maximum Gasteiger partial charge on any atom is 0.0686 e. The zero-order valence-electron chi connectivity index (χ0n) is 12.6. The summed E-state index contributed by atoms with van der Waals surface area (Å²) in [6.45, 7) is 12.9. The number of nitrogens with one attached hydrogen (secondary N) is 1. The molecule has 0 saturated heterocycles. The lowest BCUT2D eigenvalue weighted by Gasteiger charge is -1.99. The second-order valence-electron chi connectivity index (χ2n) is 5.10. The van der Waals surface area contributed by atoms with Gasteiger partial charge in [0.1, 0.15) is 0 Å². The summed E-state index contributed by atoms with van der Waals surface area (Å²) in [6, 6.07) is 0. The van der Waals surface area contributed by atoms with Gasteiger partial charge < -0.3 is 4.98 Å². The SMILES string of the molecule is Br.CCc1c(C)[nH]c(C=C2N=C(C)C(C)=C2C)c1C. The van der Waals surface area contributed by atoms with Crippen molar-refractivity contribution < 1.29 is 0 Å². The first-order valence-corrected chi connectivity index (χ1v) is 6.59. The number of halogens is 1. The van der Waals surface area contributed by atoms with Crippen molar-refractivity contribution >= 4 is 28.8 Å². The lowest BCUT2D eigenvalue weighted by Crippen LogP contribution is -1.87. The van der Waals surface area contributed by atoms with Crippen molar-refractivity contribution in [2.24, 2.45) is 4.99 Å². The summed E-state index contributed by atoms with van der Waals surface area (Å²) in [5, 5.41) is 0. The molecule has 19 heavy (non-hydrogen) atoms. The van der Waals surface area contributed by atoms with Crippen molar-refractivity contribution in [1.82, 2.24) is 4.98 Å². The van der Waals surface area contributed by atoms with Gasteiger partial charge in [0.15, 0.2) is 0 Å². The number of hydrogen-bond donors (Lipinski definition) is 1. The third kappa shape index (κ3) is 2.76. The van der Waals surface area contributed by atoms with Gasteiger partial charge in [-0.2, -0.15) is 0 Å². The lowest BCUT2D eigenvalue weighted by molar-refractivity contribution is 1.08. The number of hydrogen-bond acceptors (Lipinski definition) is 1. The minimum absolute atomic E-state index is 0. The molecule has 3 heteroatoms. The molecule has 0 aliphatic carbocycles. The normalized spacial score (nSPS) is 16.9. The Labute approximate surface area is 126 Å². The molecule has 0 fully saturated rings. The van der Waals surface area contributed by atoms with E-state index in [9.17, 15) is 0 Å². The van der Waals surface area contributed by atoms with Crippen LogP contribution in [0.4, 0.5) is 0 Å². The van der Waals surface area contributed by atoms with Gasteiger partial charge in [-0.05, 0) is 69.4 Å². The van der Waals surface area contributed by atoms with E-state index in [1.54, 1.807) is 0 Å². The minimum atomic E-state index is 0. The molecule has 0 radical (unpaired) electrons. The average molecular weight is 323 g/mol. The Morgan fingerprint density at radius 1 is 1.05 bits per heavy atom. The van der Waals surface area contributed by atoms with Crippen molar-refractivity contribution in [2.45, 2.75) is 48.0 Å². The van der Waals surface area contributed by atoms with E-state index < -0.39 is 0 Å². The van der Waals surface area contributed by atoms with E-state index >= 15 is 0 Å². The number of aromatic amines is 1.